The van der Waals surface area contributed by atoms with E-state index in [-0.39, 0.29) is 6.10 Å². The maximum atomic E-state index is 5.72. The fraction of sp³-hybridized carbons (Fsp3) is 0.600. The Bertz CT molecular complexity index is 346. The second kappa shape index (κ2) is 5.09. The summed E-state index contributed by atoms with van der Waals surface area (Å²) >= 11 is 0. The van der Waals surface area contributed by atoms with Gasteiger partial charge < -0.3 is 20.7 Å². The minimum absolute atomic E-state index is 0.188. The topological polar surface area (TPSA) is 76.3 Å². The summed E-state index contributed by atoms with van der Waals surface area (Å²) in [5, 5.41) is 3.18. The van der Waals surface area contributed by atoms with E-state index in [2.05, 4.69) is 27.2 Å². The third kappa shape index (κ3) is 2.80. The summed E-state index contributed by atoms with van der Waals surface area (Å²) in [6.07, 6.45) is 3.25. The molecule has 1 aliphatic rings. The number of nitrogens with one attached hydrogen (secondary N) is 1. The molecule has 0 radical (unpaired) electrons. The molecule has 1 aliphatic heterocycles. The predicted octanol–water partition coefficient (Wildman–Crippen LogP) is -0.199. The van der Waals surface area contributed by atoms with Gasteiger partial charge in [0.15, 0.2) is 5.82 Å². The van der Waals surface area contributed by atoms with Crippen molar-refractivity contribution in [1.29, 1.82) is 0 Å². The highest BCUT2D eigenvalue weighted by atomic mass is 16.5. The van der Waals surface area contributed by atoms with Gasteiger partial charge in [-0.05, 0) is 7.05 Å². The van der Waals surface area contributed by atoms with Gasteiger partial charge in [0.1, 0.15) is 6.33 Å². The van der Waals surface area contributed by atoms with Gasteiger partial charge in [-0.3, -0.25) is 0 Å². The molecule has 1 aromatic heterocycles. The van der Waals surface area contributed by atoms with E-state index in [0.717, 1.165) is 19.7 Å². The molecule has 88 valence electrons. The first kappa shape index (κ1) is 11.1. The number of nitrogens with two attached hydrogens (primary N) is 1. The summed E-state index contributed by atoms with van der Waals surface area (Å²) in [6, 6.07) is 0. The van der Waals surface area contributed by atoms with Gasteiger partial charge >= 0.3 is 0 Å². The van der Waals surface area contributed by atoms with Crippen molar-refractivity contribution < 1.29 is 4.74 Å². The highest BCUT2D eigenvalue weighted by molar-refractivity contribution is 5.58. The molecule has 1 saturated heterocycles. The van der Waals surface area contributed by atoms with E-state index in [9.17, 15) is 0 Å². The maximum Gasteiger partial charge on any atom is 0.152 e. The zero-order valence-electron chi connectivity index (χ0n) is 9.39. The monoisotopic (exact) mass is 223 g/mol. The molecule has 6 heteroatoms. The number of rotatable bonds is 3. The van der Waals surface area contributed by atoms with Crippen LogP contribution in [0.1, 0.15) is 0 Å². The molecule has 1 aromatic rings. The lowest BCUT2D eigenvalue weighted by molar-refractivity contribution is -0.0117. The average Bonchev–Trinajstić information content (AvgIpc) is 2.28. The maximum absolute atomic E-state index is 5.72. The molecule has 0 saturated carbocycles. The van der Waals surface area contributed by atoms with E-state index in [0.29, 0.717) is 18.1 Å². The number of anilines is 2. The van der Waals surface area contributed by atoms with E-state index >= 15 is 0 Å². The number of hydrogen-bond acceptors (Lipinski definition) is 6. The molecular weight excluding hydrogens is 206 g/mol. The van der Waals surface area contributed by atoms with Crippen LogP contribution in [0.25, 0.3) is 0 Å². The van der Waals surface area contributed by atoms with Crippen LogP contribution in [0.15, 0.2) is 12.5 Å². The van der Waals surface area contributed by atoms with Crippen molar-refractivity contribution in [2.24, 2.45) is 0 Å². The molecule has 1 atom stereocenters. The molecule has 1 unspecified atom stereocenters. The van der Waals surface area contributed by atoms with Gasteiger partial charge in [-0.15, -0.1) is 0 Å². The summed E-state index contributed by atoms with van der Waals surface area (Å²) in [5.41, 5.74) is 6.29. The summed E-state index contributed by atoms with van der Waals surface area (Å²) in [6.45, 7) is 3.41. The molecule has 2 rings (SSSR count). The number of hydrogen-bond donors (Lipinski definition) is 2. The Hall–Kier alpha value is -1.40. The molecule has 0 amide bonds. The Morgan fingerprint density at radius 1 is 1.69 bits per heavy atom. The second-order valence-corrected chi connectivity index (χ2v) is 3.96. The van der Waals surface area contributed by atoms with Crippen molar-refractivity contribution in [2.45, 2.75) is 6.10 Å². The molecule has 1 fully saturated rings. The van der Waals surface area contributed by atoms with E-state index in [1.54, 1.807) is 6.20 Å². The number of aromatic nitrogens is 2. The average molecular weight is 223 g/mol. The molecule has 6 nitrogen and oxygen atoms in total. The fourth-order valence-corrected chi connectivity index (χ4v) is 1.69. The van der Waals surface area contributed by atoms with Crippen molar-refractivity contribution in [2.75, 3.05) is 44.3 Å². The summed E-state index contributed by atoms with van der Waals surface area (Å²) < 4.78 is 5.62. The van der Waals surface area contributed by atoms with Crippen LogP contribution >= 0.6 is 0 Å². The summed E-state index contributed by atoms with van der Waals surface area (Å²) in [5.74, 6) is 0.673. The highest BCUT2D eigenvalue weighted by Crippen LogP contribution is 2.12. The standard InChI is InChI=1S/C10H17N5O/c1-15-2-3-16-8(6-15)4-13-10-9(11)5-12-7-14-10/h5,7-8H,2-4,6,11H2,1H3,(H,12,13,14). The van der Waals surface area contributed by atoms with E-state index in [1.807, 2.05) is 0 Å². The van der Waals surface area contributed by atoms with Crippen LogP contribution in [0.2, 0.25) is 0 Å². The first-order chi connectivity index (χ1) is 7.75. The van der Waals surface area contributed by atoms with Crippen LogP contribution in [-0.4, -0.2) is 54.3 Å². The quantitative estimate of drug-likeness (QED) is 0.739. The second-order valence-electron chi connectivity index (χ2n) is 3.96. The molecule has 0 bridgehead atoms. The van der Waals surface area contributed by atoms with Crippen LogP contribution in [0.5, 0.6) is 0 Å². The zero-order chi connectivity index (χ0) is 11.4. The van der Waals surface area contributed by atoms with E-state index in [4.69, 9.17) is 10.5 Å². The SMILES string of the molecule is CN1CCOC(CNc2ncncc2N)C1. The number of likely N-dealkylation sites (N-methyl/N-ethyl adjacent to an activating group) is 1. The smallest absolute Gasteiger partial charge is 0.152 e. The van der Waals surface area contributed by atoms with Crippen molar-refractivity contribution in [1.82, 2.24) is 14.9 Å². The van der Waals surface area contributed by atoms with Crippen LogP contribution in [0, 0.1) is 0 Å². The Morgan fingerprint density at radius 2 is 2.56 bits per heavy atom. The first-order valence-corrected chi connectivity index (χ1v) is 5.35. The molecule has 0 aromatic carbocycles. The lowest BCUT2D eigenvalue weighted by Crippen LogP contribution is -2.43. The van der Waals surface area contributed by atoms with Gasteiger partial charge in [0.05, 0.1) is 24.6 Å². The number of ether oxygens (including phenoxy) is 1. The predicted molar refractivity (Wildman–Crippen MR) is 62.2 cm³/mol. The van der Waals surface area contributed by atoms with Gasteiger partial charge in [0, 0.05) is 19.6 Å². The number of nitrogens with zero attached hydrogens (tertiary/aromatic N) is 3. The van der Waals surface area contributed by atoms with Crippen LogP contribution < -0.4 is 11.1 Å². The van der Waals surface area contributed by atoms with Gasteiger partial charge in [0.25, 0.3) is 0 Å². The normalized spacial score (nSPS) is 21.9. The number of nitrogen functional groups attached to an aromatic ring is 1. The summed E-state index contributed by atoms with van der Waals surface area (Å²) in [4.78, 5) is 10.2. The molecule has 0 spiro atoms. The lowest BCUT2D eigenvalue weighted by atomic mass is 10.3. The molecular formula is C10H17N5O. The van der Waals surface area contributed by atoms with Gasteiger partial charge in [0.2, 0.25) is 0 Å². The largest absolute Gasteiger partial charge is 0.394 e. The van der Waals surface area contributed by atoms with Crippen molar-refractivity contribution in [3.05, 3.63) is 12.5 Å². The Morgan fingerprint density at radius 3 is 3.31 bits per heavy atom. The summed E-state index contributed by atoms with van der Waals surface area (Å²) in [7, 11) is 2.09. The third-order valence-electron chi connectivity index (χ3n) is 2.58. The van der Waals surface area contributed by atoms with Crippen molar-refractivity contribution in [3.8, 4) is 0 Å². The van der Waals surface area contributed by atoms with E-state index in [1.165, 1.54) is 6.33 Å². The van der Waals surface area contributed by atoms with Crippen LogP contribution in [0.4, 0.5) is 11.5 Å². The molecule has 16 heavy (non-hydrogen) atoms. The van der Waals surface area contributed by atoms with Crippen LogP contribution in [0.3, 0.4) is 0 Å². The van der Waals surface area contributed by atoms with Gasteiger partial charge in [-0.1, -0.05) is 0 Å². The van der Waals surface area contributed by atoms with Crippen LogP contribution in [-0.2, 0) is 4.74 Å². The Kier molecular flexibility index (Phi) is 3.53. The fourth-order valence-electron chi connectivity index (χ4n) is 1.69. The number of morpholine rings is 1. The Labute approximate surface area is 94.8 Å². The first-order valence-electron chi connectivity index (χ1n) is 5.35. The van der Waals surface area contributed by atoms with Crippen molar-refractivity contribution >= 4 is 11.5 Å². The van der Waals surface area contributed by atoms with E-state index < -0.39 is 0 Å². The molecule has 0 aliphatic carbocycles. The minimum atomic E-state index is 0.188. The Balaban J connectivity index is 1.85. The van der Waals surface area contributed by atoms with Crippen molar-refractivity contribution in [3.63, 3.8) is 0 Å². The van der Waals surface area contributed by atoms with Gasteiger partial charge in [-0.2, -0.15) is 0 Å². The highest BCUT2D eigenvalue weighted by Gasteiger charge is 2.17. The third-order valence-corrected chi connectivity index (χ3v) is 2.58. The minimum Gasteiger partial charge on any atom is -0.394 e. The van der Waals surface area contributed by atoms with Gasteiger partial charge in [-0.25, -0.2) is 9.97 Å². The zero-order valence-corrected chi connectivity index (χ0v) is 9.39. The molecule has 2 heterocycles. The lowest BCUT2D eigenvalue weighted by Gasteiger charge is -2.30. The molecule has 3 N–H and O–H groups in total.